The number of nitrogens with one attached hydrogen (secondary N) is 1. The zero-order valence-corrected chi connectivity index (χ0v) is 22.8. The maximum absolute atomic E-state index is 13.5. The van der Waals surface area contributed by atoms with Crippen molar-refractivity contribution in [3.63, 3.8) is 0 Å². The number of para-hydroxylation sites is 2. The van der Waals surface area contributed by atoms with Crippen LogP contribution in [-0.4, -0.2) is 59.7 Å². The highest BCUT2D eigenvalue weighted by Crippen LogP contribution is 2.38. The van der Waals surface area contributed by atoms with Gasteiger partial charge in [0.15, 0.2) is 11.5 Å². The molecule has 1 heterocycles. The SMILES string of the molecule is CCC(C)N(C(=O)Cn1c(CNC(=O)c2cc(OC)c(OC)c(OC)c2)nc2ccccc21)C(C)CC. The first-order valence-electron chi connectivity index (χ1n) is 12.6. The van der Waals surface area contributed by atoms with Gasteiger partial charge in [0.2, 0.25) is 11.7 Å². The average molecular weight is 511 g/mol. The first-order chi connectivity index (χ1) is 17.8. The third kappa shape index (κ3) is 5.98. The topological polar surface area (TPSA) is 94.9 Å². The van der Waals surface area contributed by atoms with Crippen molar-refractivity contribution in [1.29, 1.82) is 0 Å². The molecule has 9 heteroatoms. The second-order valence-electron chi connectivity index (χ2n) is 9.02. The Labute approximate surface area is 218 Å². The van der Waals surface area contributed by atoms with E-state index in [2.05, 4.69) is 33.0 Å². The predicted octanol–water partition coefficient (Wildman–Crippen LogP) is 4.42. The van der Waals surface area contributed by atoms with Crippen molar-refractivity contribution in [2.45, 2.75) is 65.7 Å². The maximum atomic E-state index is 13.5. The molecular weight excluding hydrogens is 472 g/mol. The molecule has 2 unspecified atom stereocenters. The summed E-state index contributed by atoms with van der Waals surface area (Å²) in [7, 11) is 4.51. The Balaban J connectivity index is 1.89. The summed E-state index contributed by atoms with van der Waals surface area (Å²) in [4.78, 5) is 33.3. The minimum atomic E-state index is -0.329. The largest absolute Gasteiger partial charge is 0.493 e. The fourth-order valence-corrected chi connectivity index (χ4v) is 4.45. The lowest BCUT2D eigenvalue weighted by molar-refractivity contribution is -0.136. The van der Waals surface area contributed by atoms with E-state index in [1.165, 1.54) is 21.3 Å². The van der Waals surface area contributed by atoms with Gasteiger partial charge in [-0.25, -0.2) is 4.98 Å². The molecule has 0 aliphatic heterocycles. The highest BCUT2D eigenvalue weighted by molar-refractivity contribution is 5.95. The van der Waals surface area contributed by atoms with E-state index in [9.17, 15) is 9.59 Å². The van der Waals surface area contributed by atoms with Crippen LogP contribution in [0.25, 0.3) is 11.0 Å². The number of benzene rings is 2. The minimum Gasteiger partial charge on any atom is -0.493 e. The molecule has 0 saturated heterocycles. The zero-order valence-electron chi connectivity index (χ0n) is 22.8. The predicted molar refractivity (Wildman–Crippen MR) is 143 cm³/mol. The Bertz CT molecular complexity index is 1200. The molecule has 3 rings (SSSR count). The molecule has 9 nitrogen and oxygen atoms in total. The quantitative estimate of drug-likeness (QED) is 0.388. The number of methoxy groups -OCH3 is 3. The van der Waals surface area contributed by atoms with Crippen molar-refractivity contribution in [3.05, 3.63) is 47.8 Å². The molecule has 37 heavy (non-hydrogen) atoms. The van der Waals surface area contributed by atoms with Crippen LogP contribution in [0.3, 0.4) is 0 Å². The van der Waals surface area contributed by atoms with Gasteiger partial charge in [-0.2, -0.15) is 0 Å². The summed E-state index contributed by atoms with van der Waals surface area (Å²) in [5.74, 6) is 1.49. The number of hydrogen-bond donors (Lipinski definition) is 1. The Morgan fingerprint density at radius 1 is 0.973 bits per heavy atom. The first kappa shape index (κ1) is 27.8. The lowest BCUT2D eigenvalue weighted by atomic mass is 10.1. The first-order valence-corrected chi connectivity index (χ1v) is 12.6. The number of fused-ring (bicyclic) bond motifs is 1. The van der Waals surface area contributed by atoms with Crippen LogP contribution < -0.4 is 19.5 Å². The van der Waals surface area contributed by atoms with Gasteiger partial charge in [0, 0.05) is 17.6 Å². The number of carbonyl (C=O) groups excluding carboxylic acids is 2. The van der Waals surface area contributed by atoms with Gasteiger partial charge in [0.25, 0.3) is 5.91 Å². The van der Waals surface area contributed by atoms with E-state index in [4.69, 9.17) is 19.2 Å². The Kier molecular flexibility index (Phi) is 9.38. The molecule has 1 N–H and O–H groups in total. The molecule has 0 bridgehead atoms. The van der Waals surface area contributed by atoms with Gasteiger partial charge in [0.1, 0.15) is 12.4 Å². The lowest BCUT2D eigenvalue weighted by Gasteiger charge is -2.34. The van der Waals surface area contributed by atoms with Crippen LogP contribution in [-0.2, 0) is 17.9 Å². The average Bonchev–Trinajstić information content (AvgIpc) is 3.27. The maximum Gasteiger partial charge on any atom is 0.251 e. The summed E-state index contributed by atoms with van der Waals surface area (Å²) in [5, 5.41) is 2.93. The zero-order chi connectivity index (χ0) is 27.1. The highest BCUT2D eigenvalue weighted by Gasteiger charge is 2.25. The van der Waals surface area contributed by atoms with Crippen LogP contribution in [0.2, 0.25) is 0 Å². The van der Waals surface area contributed by atoms with Crippen LogP contribution in [0.15, 0.2) is 36.4 Å². The molecule has 2 atom stereocenters. The molecule has 0 aliphatic rings. The molecule has 200 valence electrons. The van der Waals surface area contributed by atoms with Gasteiger partial charge < -0.3 is 29.0 Å². The minimum absolute atomic E-state index is 0.0315. The number of nitrogens with zero attached hydrogens (tertiary/aromatic N) is 3. The summed E-state index contributed by atoms with van der Waals surface area (Å²) in [6, 6.07) is 11.1. The van der Waals surface area contributed by atoms with E-state index in [0.29, 0.717) is 28.6 Å². The van der Waals surface area contributed by atoms with E-state index in [0.717, 1.165) is 23.9 Å². The van der Waals surface area contributed by atoms with Gasteiger partial charge in [-0.3, -0.25) is 9.59 Å². The number of carbonyl (C=O) groups is 2. The molecule has 3 aromatic rings. The van der Waals surface area contributed by atoms with Crippen molar-refractivity contribution in [1.82, 2.24) is 19.8 Å². The van der Waals surface area contributed by atoms with Crippen LogP contribution >= 0.6 is 0 Å². The summed E-state index contributed by atoms with van der Waals surface area (Å²) in [6.45, 7) is 8.62. The molecule has 2 amide bonds. The second-order valence-corrected chi connectivity index (χ2v) is 9.02. The molecule has 2 aromatic carbocycles. The number of ether oxygens (including phenoxy) is 3. The molecule has 0 aliphatic carbocycles. The summed E-state index contributed by atoms with van der Waals surface area (Å²) in [6.07, 6.45) is 1.75. The standard InChI is InChI=1S/C28H38N4O5/c1-8-18(3)32(19(4)9-2)26(33)17-31-22-13-11-10-12-21(22)30-25(31)16-29-28(34)20-14-23(35-5)27(37-7)24(15-20)36-6/h10-15,18-19H,8-9,16-17H2,1-7H3,(H,29,34). The van der Waals surface area contributed by atoms with Crippen molar-refractivity contribution in [3.8, 4) is 17.2 Å². The van der Waals surface area contributed by atoms with Crippen molar-refractivity contribution in [2.75, 3.05) is 21.3 Å². The van der Waals surface area contributed by atoms with Crippen molar-refractivity contribution < 1.29 is 23.8 Å². The number of imidazole rings is 1. The number of rotatable bonds is 12. The van der Waals surface area contributed by atoms with Crippen LogP contribution in [0.4, 0.5) is 0 Å². The summed E-state index contributed by atoms with van der Waals surface area (Å²) >= 11 is 0. The fraction of sp³-hybridized carbons (Fsp3) is 0.464. The molecule has 0 radical (unpaired) electrons. The molecule has 0 saturated carbocycles. The number of amides is 2. The van der Waals surface area contributed by atoms with Gasteiger partial charge in [-0.15, -0.1) is 0 Å². The lowest BCUT2D eigenvalue weighted by Crippen LogP contribution is -2.46. The molecule has 0 fully saturated rings. The monoisotopic (exact) mass is 510 g/mol. The van der Waals surface area contributed by atoms with Gasteiger partial charge in [-0.1, -0.05) is 26.0 Å². The third-order valence-electron chi connectivity index (χ3n) is 6.78. The van der Waals surface area contributed by atoms with E-state index in [-0.39, 0.29) is 37.0 Å². The van der Waals surface area contributed by atoms with E-state index in [1.54, 1.807) is 12.1 Å². The highest BCUT2D eigenvalue weighted by atomic mass is 16.5. The van der Waals surface area contributed by atoms with E-state index >= 15 is 0 Å². The summed E-state index contributed by atoms with van der Waals surface area (Å²) in [5.41, 5.74) is 1.97. The van der Waals surface area contributed by atoms with Crippen LogP contribution in [0.1, 0.15) is 56.7 Å². The van der Waals surface area contributed by atoms with Crippen LogP contribution in [0, 0.1) is 0 Å². The molecule has 1 aromatic heterocycles. The normalized spacial score (nSPS) is 12.6. The number of hydrogen-bond acceptors (Lipinski definition) is 6. The Morgan fingerprint density at radius 2 is 1.57 bits per heavy atom. The second kappa shape index (κ2) is 12.5. The Morgan fingerprint density at radius 3 is 2.11 bits per heavy atom. The van der Waals surface area contributed by atoms with Crippen LogP contribution in [0.5, 0.6) is 17.2 Å². The fourth-order valence-electron chi connectivity index (χ4n) is 4.45. The third-order valence-corrected chi connectivity index (χ3v) is 6.78. The Hall–Kier alpha value is -3.75. The summed E-state index contributed by atoms with van der Waals surface area (Å²) < 4.78 is 18.0. The van der Waals surface area contributed by atoms with Gasteiger partial charge in [0.05, 0.1) is 38.9 Å². The molecule has 0 spiro atoms. The number of aromatic nitrogens is 2. The van der Waals surface area contributed by atoms with Crippen molar-refractivity contribution >= 4 is 22.8 Å². The van der Waals surface area contributed by atoms with E-state index in [1.807, 2.05) is 33.7 Å². The van der Waals surface area contributed by atoms with E-state index < -0.39 is 0 Å². The molecular formula is C28H38N4O5. The van der Waals surface area contributed by atoms with Gasteiger partial charge >= 0.3 is 0 Å². The smallest absolute Gasteiger partial charge is 0.251 e. The van der Waals surface area contributed by atoms with Crippen molar-refractivity contribution in [2.24, 2.45) is 0 Å². The van der Waals surface area contributed by atoms with Gasteiger partial charge in [-0.05, 0) is 51.0 Å².